The van der Waals surface area contributed by atoms with Crippen molar-refractivity contribution in [1.82, 2.24) is 4.57 Å². The van der Waals surface area contributed by atoms with Gasteiger partial charge in [-0.3, -0.25) is 4.79 Å². The van der Waals surface area contributed by atoms with Crippen LogP contribution in [0.3, 0.4) is 0 Å². The minimum Gasteiger partial charge on any atom is -0.340 e. The van der Waals surface area contributed by atoms with Crippen LogP contribution in [-0.2, 0) is 13.0 Å². The molecule has 0 saturated heterocycles. The summed E-state index contributed by atoms with van der Waals surface area (Å²) in [5.74, 6) is -0.431. The van der Waals surface area contributed by atoms with Crippen LogP contribution in [0.25, 0.3) is 0 Å². The average Bonchev–Trinajstić information content (AvgIpc) is 2.95. The minimum atomic E-state index is -0.341. The number of aromatic nitrogens is 1. The van der Waals surface area contributed by atoms with Crippen LogP contribution in [0, 0.1) is 12.7 Å². The number of nitrogens with zero attached hydrogens (tertiary/aromatic N) is 1. The van der Waals surface area contributed by atoms with Crippen LogP contribution in [0.15, 0.2) is 24.3 Å². The molecule has 98 valence electrons. The molecule has 2 heterocycles. The van der Waals surface area contributed by atoms with Gasteiger partial charge in [0.15, 0.2) is 0 Å². The minimum absolute atomic E-state index is 0.0902. The van der Waals surface area contributed by atoms with E-state index >= 15 is 0 Å². The first-order valence-corrected chi connectivity index (χ1v) is 6.65. The van der Waals surface area contributed by atoms with Crippen molar-refractivity contribution < 1.29 is 9.18 Å². The molecule has 0 spiro atoms. The summed E-state index contributed by atoms with van der Waals surface area (Å²) < 4.78 is 14.9. The average molecular weight is 278 g/mol. The van der Waals surface area contributed by atoms with Gasteiger partial charge in [-0.1, -0.05) is 11.6 Å². The van der Waals surface area contributed by atoms with Crippen molar-refractivity contribution in [2.75, 3.05) is 0 Å². The van der Waals surface area contributed by atoms with Crippen molar-refractivity contribution in [3.63, 3.8) is 0 Å². The van der Waals surface area contributed by atoms with E-state index in [1.807, 2.05) is 11.5 Å². The second-order valence-corrected chi connectivity index (χ2v) is 5.20. The molecule has 4 heteroatoms. The topological polar surface area (TPSA) is 22.0 Å². The third kappa shape index (κ3) is 1.89. The summed E-state index contributed by atoms with van der Waals surface area (Å²) >= 11 is 6.28. The van der Waals surface area contributed by atoms with E-state index in [1.54, 1.807) is 0 Å². The molecule has 1 aromatic carbocycles. The molecule has 0 fully saturated rings. The van der Waals surface area contributed by atoms with Crippen LogP contribution in [-0.4, -0.2) is 10.4 Å². The fourth-order valence-corrected chi connectivity index (χ4v) is 2.99. The molecule has 1 aliphatic heterocycles. The third-order valence-corrected chi connectivity index (χ3v) is 4.15. The molecule has 0 bridgehead atoms. The molecule has 1 aromatic heterocycles. The monoisotopic (exact) mass is 277 g/mol. The van der Waals surface area contributed by atoms with Gasteiger partial charge < -0.3 is 4.57 Å². The summed E-state index contributed by atoms with van der Waals surface area (Å²) in [5, 5.41) is 0.697. The summed E-state index contributed by atoms with van der Waals surface area (Å²) in [6.45, 7) is 2.69. The molecule has 0 radical (unpaired) electrons. The van der Waals surface area contributed by atoms with E-state index in [0.29, 0.717) is 16.3 Å². The van der Waals surface area contributed by atoms with Crippen LogP contribution < -0.4 is 0 Å². The van der Waals surface area contributed by atoms with Crippen molar-refractivity contribution in [3.8, 4) is 0 Å². The number of benzene rings is 1. The van der Waals surface area contributed by atoms with Crippen molar-refractivity contribution in [1.29, 1.82) is 0 Å². The maximum absolute atomic E-state index is 12.9. The van der Waals surface area contributed by atoms with Gasteiger partial charge in [0.05, 0.1) is 10.7 Å². The number of hydrogen-bond acceptors (Lipinski definition) is 1. The molecule has 19 heavy (non-hydrogen) atoms. The lowest BCUT2D eigenvalue weighted by Gasteiger charge is -2.06. The number of carbonyl (C=O) groups is 1. The largest absolute Gasteiger partial charge is 0.340 e. The van der Waals surface area contributed by atoms with E-state index in [9.17, 15) is 9.18 Å². The smallest absolute Gasteiger partial charge is 0.209 e. The predicted octanol–water partition coefficient (Wildman–Crippen LogP) is 3.77. The van der Waals surface area contributed by atoms with Gasteiger partial charge in [0, 0.05) is 17.8 Å². The van der Waals surface area contributed by atoms with Gasteiger partial charge in [0.25, 0.3) is 0 Å². The Balaban J connectivity index is 2.10. The lowest BCUT2D eigenvalue weighted by atomic mass is 10.1. The van der Waals surface area contributed by atoms with Gasteiger partial charge in [-0.2, -0.15) is 0 Å². The van der Waals surface area contributed by atoms with Gasteiger partial charge in [-0.25, -0.2) is 4.39 Å². The number of carbonyl (C=O) groups excluding carboxylic acids is 1. The van der Waals surface area contributed by atoms with Crippen molar-refractivity contribution in [3.05, 3.63) is 57.6 Å². The molecule has 2 nitrogen and oxygen atoms in total. The normalized spacial score (nSPS) is 13.6. The second-order valence-electron chi connectivity index (χ2n) is 4.83. The quantitative estimate of drug-likeness (QED) is 0.766. The van der Waals surface area contributed by atoms with E-state index in [2.05, 4.69) is 0 Å². The van der Waals surface area contributed by atoms with Gasteiger partial charge in [0.2, 0.25) is 5.78 Å². The van der Waals surface area contributed by atoms with Gasteiger partial charge >= 0.3 is 0 Å². The molecular formula is C15H13ClFNO. The highest BCUT2D eigenvalue weighted by Crippen LogP contribution is 2.33. The van der Waals surface area contributed by atoms with Gasteiger partial charge in [-0.05, 0) is 49.6 Å². The number of halogens is 2. The highest BCUT2D eigenvalue weighted by atomic mass is 35.5. The summed E-state index contributed by atoms with van der Waals surface area (Å²) in [6.07, 6.45) is 1.93. The Morgan fingerprint density at radius 1 is 1.32 bits per heavy atom. The van der Waals surface area contributed by atoms with Crippen LogP contribution in [0.2, 0.25) is 5.02 Å². The van der Waals surface area contributed by atoms with Crippen LogP contribution >= 0.6 is 11.6 Å². The van der Waals surface area contributed by atoms with Crippen molar-refractivity contribution in [2.24, 2.45) is 0 Å². The number of ketones is 1. The Morgan fingerprint density at radius 2 is 2.00 bits per heavy atom. The third-order valence-electron chi connectivity index (χ3n) is 3.65. The van der Waals surface area contributed by atoms with Gasteiger partial charge in [-0.15, -0.1) is 0 Å². The Bertz CT molecular complexity index is 658. The number of fused-ring (bicyclic) bond motifs is 1. The Morgan fingerprint density at radius 3 is 2.68 bits per heavy atom. The second kappa shape index (κ2) is 4.49. The Kier molecular flexibility index (Phi) is 2.94. The molecular weight excluding hydrogens is 265 g/mol. The molecule has 2 aromatic rings. The fourth-order valence-electron chi connectivity index (χ4n) is 2.70. The zero-order chi connectivity index (χ0) is 13.6. The molecule has 3 rings (SSSR count). The summed E-state index contributed by atoms with van der Waals surface area (Å²) in [7, 11) is 0. The molecule has 0 aliphatic carbocycles. The maximum Gasteiger partial charge on any atom is 0.209 e. The Labute approximate surface area is 115 Å². The zero-order valence-corrected chi connectivity index (χ0v) is 11.3. The highest BCUT2D eigenvalue weighted by Gasteiger charge is 2.27. The number of hydrogen-bond donors (Lipinski definition) is 0. The maximum atomic E-state index is 12.9. The Hall–Kier alpha value is -1.61. The summed E-state index contributed by atoms with van der Waals surface area (Å²) in [6, 6.07) is 5.63. The lowest BCUT2D eigenvalue weighted by molar-refractivity contribution is 0.103. The zero-order valence-electron chi connectivity index (χ0n) is 10.5. The first kappa shape index (κ1) is 12.4. The highest BCUT2D eigenvalue weighted by molar-refractivity contribution is 6.33. The van der Waals surface area contributed by atoms with Gasteiger partial charge in [0.1, 0.15) is 5.82 Å². The van der Waals surface area contributed by atoms with Crippen LogP contribution in [0.4, 0.5) is 4.39 Å². The molecule has 0 N–H and O–H groups in total. The van der Waals surface area contributed by atoms with Crippen molar-refractivity contribution in [2.45, 2.75) is 26.3 Å². The van der Waals surface area contributed by atoms with E-state index in [1.165, 1.54) is 24.3 Å². The summed E-state index contributed by atoms with van der Waals surface area (Å²) in [5.41, 5.74) is 3.01. The molecule has 1 aliphatic rings. The van der Waals surface area contributed by atoms with Crippen LogP contribution in [0.1, 0.15) is 33.7 Å². The lowest BCUT2D eigenvalue weighted by Crippen LogP contribution is -2.10. The van der Waals surface area contributed by atoms with Crippen LogP contribution in [0.5, 0.6) is 0 Å². The van der Waals surface area contributed by atoms with E-state index in [4.69, 9.17) is 11.6 Å². The molecule has 0 amide bonds. The summed E-state index contributed by atoms with van der Waals surface area (Å²) in [4.78, 5) is 12.5. The number of rotatable bonds is 2. The first-order valence-electron chi connectivity index (χ1n) is 6.27. The molecule has 0 atom stereocenters. The van der Waals surface area contributed by atoms with E-state index < -0.39 is 0 Å². The standard InChI is InChI=1S/C15H13ClFNO/c1-9-13(16)12-3-2-8-18(12)14(9)15(19)10-4-6-11(17)7-5-10/h4-7H,2-3,8H2,1H3. The van der Waals surface area contributed by atoms with E-state index in [-0.39, 0.29) is 11.6 Å². The van der Waals surface area contributed by atoms with E-state index in [0.717, 1.165) is 30.6 Å². The molecule has 0 unspecified atom stereocenters. The fraction of sp³-hybridized carbons (Fsp3) is 0.267. The molecule has 0 saturated carbocycles. The SMILES string of the molecule is Cc1c(Cl)c2n(c1C(=O)c1ccc(F)cc1)CCC2. The van der Waals surface area contributed by atoms with Crippen molar-refractivity contribution >= 4 is 17.4 Å². The first-order chi connectivity index (χ1) is 9.09. The predicted molar refractivity (Wildman–Crippen MR) is 72.3 cm³/mol.